The molecule has 0 fully saturated rings. The van der Waals surface area contributed by atoms with E-state index in [2.05, 4.69) is 10.2 Å². The maximum absolute atomic E-state index is 12.0. The minimum Gasteiger partial charge on any atom is -0.341 e. The highest BCUT2D eigenvalue weighted by Gasteiger charge is 2.29. The molecule has 1 rings (SSSR count). The van der Waals surface area contributed by atoms with E-state index in [1.165, 1.54) is 7.05 Å². The second-order valence-corrected chi connectivity index (χ2v) is 3.90. The number of hydrogen-bond acceptors (Lipinski definition) is 2. The molecule has 1 amide bonds. The van der Waals surface area contributed by atoms with Crippen molar-refractivity contribution in [2.24, 2.45) is 0 Å². The van der Waals surface area contributed by atoms with Crippen molar-refractivity contribution >= 4 is 5.91 Å². The van der Waals surface area contributed by atoms with E-state index in [9.17, 15) is 18.0 Å². The van der Waals surface area contributed by atoms with Crippen molar-refractivity contribution in [1.82, 2.24) is 15.1 Å². The van der Waals surface area contributed by atoms with E-state index in [-0.39, 0.29) is 6.54 Å². The summed E-state index contributed by atoms with van der Waals surface area (Å²) in [6, 6.07) is 0. The SMILES string of the molecule is Cc1n[nH]c(C)c1C(=O)N(C)CCC(F)(F)F. The molecular formula is C10H14F3N3O. The Labute approximate surface area is 96.8 Å². The van der Waals surface area contributed by atoms with Gasteiger partial charge in [-0.15, -0.1) is 0 Å². The van der Waals surface area contributed by atoms with Crippen LogP contribution in [-0.2, 0) is 0 Å². The Morgan fingerprint density at radius 3 is 2.41 bits per heavy atom. The van der Waals surface area contributed by atoms with Crippen LogP contribution in [0.5, 0.6) is 0 Å². The van der Waals surface area contributed by atoms with E-state index >= 15 is 0 Å². The summed E-state index contributed by atoms with van der Waals surface area (Å²) in [5.74, 6) is -0.446. The van der Waals surface area contributed by atoms with Crippen LogP contribution in [0, 0.1) is 13.8 Å². The van der Waals surface area contributed by atoms with Crippen molar-refractivity contribution in [1.29, 1.82) is 0 Å². The van der Waals surface area contributed by atoms with E-state index in [1.54, 1.807) is 13.8 Å². The zero-order valence-electron chi connectivity index (χ0n) is 9.85. The third-order valence-electron chi connectivity index (χ3n) is 2.42. The first-order valence-corrected chi connectivity index (χ1v) is 5.06. The number of aromatic amines is 1. The first-order valence-electron chi connectivity index (χ1n) is 5.06. The van der Waals surface area contributed by atoms with Crippen molar-refractivity contribution in [3.63, 3.8) is 0 Å². The molecule has 0 bridgehead atoms. The highest BCUT2D eigenvalue weighted by Crippen LogP contribution is 2.20. The van der Waals surface area contributed by atoms with Gasteiger partial charge in [0.1, 0.15) is 0 Å². The molecule has 0 radical (unpaired) electrons. The first-order chi connectivity index (χ1) is 7.72. The number of nitrogens with zero attached hydrogens (tertiary/aromatic N) is 2. The molecule has 0 aromatic carbocycles. The van der Waals surface area contributed by atoms with Crippen LogP contribution in [-0.4, -0.2) is 40.8 Å². The molecule has 1 aromatic rings. The molecule has 0 aliphatic heterocycles. The van der Waals surface area contributed by atoms with Gasteiger partial charge in [0.2, 0.25) is 0 Å². The van der Waals surface area contributed by atoms with Gasteiger partial charge in [0, 0.05) is 19.3 Å². The fraction of sp³-hybridized carbons (Fsp3) is 0.600. The molecule has 0 saturated heterocycles. The molecule has 17 heavy (non-hydrogen) atoms. The summed E-state index contributed by atoms with van der Waals surface area (Å²) in [4.78, 5) is 12.9. The number of amides is 1. The van der Waals surface area contributed by atoms with Gasteiger partial charge < -0.3 is 4.90 Å². The van der Waals surface area contributed by atoms with Gasteiger partial charge in [-0.3, -0.25) is 9.89 Å². The lowest BCUT2D eigenvalue weighted by molar-refractivity contribution is -0.136. The predicted octanol–water partition coefficient (Wildman–Crippen LogP) is 2.05. The van der Waals surface area contributed by atoms with Crippen molar-refractivity contribution in [3.8, 4) is 0 Å². The molecule has 7 heteroatoms. The van der Waals surface area contributed by atoms with Crippen LogP contribution in [0.3, 0.4) is 0 Å². The van der Waals surface area contributed by atoms with E-state index < -0.39 is 18.5 Å². The van der Waals surface area contributed by atoms with Crippen molar-refractivity contribution < 1.29 is 18.0 Å². The number of alkyl halides is 3. The Morgan fingerprint density at radius 2 is 2.00 bits per heavy atom. The van der Waals surface area contributed by atoms with Gasteiger partial charge in [0.25, 0.3) is 5.91 Å². The molecule has 1 N–H and O–H groups in total. The molecule has 0 aliphatic carbocycles. The second-order valence-electron chi connectivity index (χ2n) is 3.90. The fourth-order valence-electron chi connectivity index (χ4n) is 1.45. The van der Waals surface area contributed by atoms with E-state index in [4.69, 9.17) is 0 Å². The molecule has 0 spiro atoms. The van der Waals surface area contributed by atoms with Crippen LogP contribution in [0.15, 0.2) is 0 Å². The minimum absolute atomic E-state index is 0.342. The zero-order chi connectivity index (χ0) is 13.2. The van der Waals surface area contributed by atoms with Crippen molar-refractivity contribution in [2.45, 2.75) is 26.4 Å². The minimum atomic E-state index is -4.25. The van der Waals surface area contributed by atoms with Gasteiger partial charge in [-0.05, 0) is 13.8 Å². The summed E-state index contributed by atoms with van der Waals surface area (Å²) < 4.78 is 36.1. The van der Waals surface area contributed by atoms with Crippen molar-refractivity contribution in [3.05, 3.63) is 17.0 Å². The van der Waals surface area contributed by atoms with Gasteiger partial charge in [-0.25, -0.2) is 0 Å². The Bertz CT molecular complexity index is 392. The molecule has 1 aromatic heterocycles. The molecule has 0 unspecified atom stereocenters. The number of carbonyl (C=O) groups is 1. The standard InChI is InChI=1S/C10H14F3N3O/c1-6-8(7(2)15-14-6)9(17)16(3)5-4-10(11,12)13/h4-5H2,1-3H3,(H,14,15). The summed E-state index contributed by atoms with van der Waals surface area (Å²) >= 11 is 0. The quantitative estimate of drug-likeness (QED) is 0.891. The number of carbonyl (C=O) groups excluding carboxylic acids is 1. The van der Waals surface area contributed by atoms with Gasteiger partial charge in [0.05, 0.1) is 17.7 Å². The van der Waals surface area contributed by atoms with Gasteiger partial charge in [-0.1, -0.05) is 0 Å². The molecule has 1 heterocycles. The number of H-pyrrole nitrogens is 1. The van der Waals surface area contributed by atoms with Crippen molar-refractivity contribution in [2.75, 3.05) is 13.6 Å². The Morgan fingerprint density at radius 1 is 1.41 bits per heavy atom. The molecule has 0 aliphatic rings. The molecule has 4 nitrogen and oxygen atoms in total. The fourth-order valence-corrected chi connectivity index (χ4v) is 1.45. The Balaban J connectivity index is 2.71. The lowest BCUT2D eigenvalue weighted by atomic mass is 10.1. The number of hydrogen-bond donors (Lipinski definition) is 1. The number of rotatable bonds is 3. The summed E-state index contributed by atoms with van der Waals surface area (Å²) in [7, 11) is 1.35. The molecule has 0 atom stereocenters. The van der Waals surface area contributed by atoms with E-state index in [0.717, 1.165) is 4.90 Å². The van der Waals surface area contributed by atoms with Gasteiger partial charge >= 0.3 is 6.18 Å². The Hall–Kier alpha value is -1.53. The van der Waals surface area contributed by atoms with Crippen LogP contribution in [0.4, 0.5) is 13.2 Å². The summed E-state index contributed by atoms with van der Waals surface area (Å²) in [5, 5.41) is 6.46. The van der Waals surface area contributed by atoms with E-state index in [0.29, 0.717) is 17.0 Å². The highest BCUT2D eigenvalue weighted by atomic mass is 19.4. The normalized spacial score (nSPS) is 11.6. The number of nitrogens with one attached hydrogen (secondary N) is 1. The van der Waals surface area contributed by atoms with Crippen LogP contribution < -0.4 is 0 Å². The molecular weight excluding hydrogens is 235 g/mol. The topological polar surface area (TPSA) is 49.0 Å². The number of aryl methyl sites for hydroxylation is 2. The molecule has 96 valence electrons. The number of halogens is 3. The summed E-state index contributed by atoms with van der Waals surface area (Å²) in [6.45, 7) is 2.94. The number of aromatic nitrogens is 2. The van der Waals surface area contributed by atoms with Gasteiger partial charge in [-0.2, -0.15) is 18.3 Å². The second kappa shape index (κ2) is 4.77. The highest BCUT2D eigenvalue weighted by molar-refractivity contribution is 5.96. The summed E-state index contributed by atoms with van der Waals surface area (Å²) in [6.07, 6.45) is -5.26. The zero-order valence-corrected chi connectivity index (χ0v) is 9.85. The monoisotopic (exact) mass is 249 g/mol. The largest absolute Gasteiger partial charge is 0.390 e. The van der Waals surface area contributed by atoms with Crippen LogP contribution in [0.2, 0.25) is 0 Å². The third-order valence-corrected chi connectivity index (χ3v) is 2.42. The summed E-state index contributed by atoms with van der Waals surface area (Å²) in [5.41, 5.74) is 1.40. The van der Waals surface area contributed by atoms with Gasteiger partial charge in [0.15, 0.2) is 0 Å². The lowest BCUT2D eigenvalue weighted by Crippen LogP contribution is -2.31. The van der Waals surface area contributed by atoms with Crippen LogP contribution >= 0.6 is 0 Å². The first kappa shape index (κ1) is 13.5. The maximum atomic E-state index is 12.0. The van der Waals surface area contributed by atoms with E-state index in [1.807, 2.05) is 0 Å². The smallest absolute Gasteiger partial charge is 0.341 e. The third kappa shape index (κ3) is 3.47. The van der Waals surface area contributed by atoms with Crippen LogP contribution in [0.25, 0.3) is 0 Å². The Kier molecular flexibility index (Phi) is 3.79. The average molecular weight is 249 g/mol. The maximum Gasteiger partial charge on any atom is 0.390 e. The lowest BCUT2D eigenvalue weighted by Gasteiger charge is -2.18. The van der Waals surface area contributed by atoms with Crippen LogP contribution in [0.1, 0.15) is 28.2 Å². The molecule has 0 saturated carbocycles. The average Bonchev–Trinajstić information content (AvgIpc) is 2.53. The predicted molar refractivity (Wildman–Crippen MR) is 55.7 cm³/mol.